The molecule has 1 atom stereocenters. The number of aryl methyl sites for hydroxylation is 1. The first-order valence-electron chi connectivity index (χ1n) is 7.91. The topological polar surface area (TPSA) is 46.6 Å². The molecule has 1 aliphatic rings. The van der Waals surface area contributed by atoms with Crippen LogP contribution in [0.25, 0.3) is 0 Å². The number of ketones is 1. The first kappa shape index (κ1) is 17.4. The Morgan fingerprint density at radius 3 is 2.74 bits per heavy atom. The minimum Gasteiger partial charge on any atom is -0.444 e. The number of piperidine rings is 1. The number of carbonyl (C=O) groups excluding carboxylic acids is 2. The van der Waals surface area contributed by atoms with Gasteiger partial charge in [0.05, 0.1) is 0 Å². The molecule has 1 aromatic rings. The Bertz CT molecular complexity index is 607. The molecule has 0 aromatic heterocycles. The molecule has 1 aromatic carbocycles. The van der Waals surface area contributed by atoms with E-state index < -0.39 is 11.7 Å². The maximum Gasteiger partial charge on any atom is 0.410 e. The number of carbonyl (C=O) groups is 2. The number of ether oxygens (including phenoxy) is 1. The van der Waals surface area contributed by atoms with E-state index in [2.05, 4.69) is 0 Å². The Balaban J connectivity index is 2.08. The van der Waals surface area contributed by atoms with Gasteiger partial charge in [0.1, 0.15) is 17.2 Å². The number of likely N-dealkylation sites (tertiary alicyclic amines) is 1. The van der Waals surface area contributed by atoms with Crippen LogP contribution in [0.5, 0.6) is 0 Å². The van der Waals surface area contributed by atoms with Gasteiger partial charge in [0.25, 0.3) is 0 Å². The Kier molecular flexibility index (Phi) is 5.07. The van der Waals surface area contributed by atoms with Gasteiger partial charge in [-0.15, -0.1) is 0 Å². The van der Waals surface area contributed by atoms with Gasteiger partial charge in [-0.25, -0.2) is 9.18 Å². The number of nitrogens with zero attached hydrogens (tertiary/aromatic N) is 1. The van der Waals surface area contributed by atoms with Crippen molar-refractivity contribution in [2.24, 2.45) is 5.92 Å². The van der Waals surface area contributed by atoms with Gasteiger partial charge in [-0.1, -0.05) is 6.07 Å². The second-order valence-corrected chi connectivity index (χ2v) is 7.11. The highest BCUT2D eigenvalue weighted by Gasteiger charge is 2.32. The Labute approximate surface area is 136 Å². The lowest BCUT2D eigenvalue weighted by molar-refractivity contribution is -0.125. The molecule has 0 bridgehead atoms. The lowest BCUT2D eigenvalue weighted by atomic mass is 9.88. The van der Waals surface area contributed by atoms with Crippen molar-refractivity contribution in [2.45, 2.75) is 46.1 Å². The highest BCUT2D eigenvalue weighted by molar-refractivity contribution is 5.84. The molecular weight excluding hydrogens is 297 g/mol. The minimum atomic E-state index is -0.562. The minimum absolute atomic E-state index is 0.119. The number of halogens is 1. The Morgan fingerprint density at radius 1 is 1.39 bits per heavy atom. The molecule has 0 spiro atoms. The average Bonchev–Trinajstić information content (AvgIpc) is 2.43. The van der Waals surface area contributed by atoms with Gasteiger partial charge >= 0.3 is 6.09 Å². The molecule has 0 radical (unpaired) electrons. The smallest absolute Gasteiger partial charge is 0.410 e. The van der Waals surface area contributed by atoms with Gasteiger partial charge in [0.15, 0.2) is 0 Å². The number of amides is 1. The summed E-state index contributed by atoms with van der Waals surface area (Å²) in [4.78, 5) is 25.9. The fourth-order valence-electron chi connectivity index (χ4n) is 2.70. The van der Waals surface area contributed by atoms with Crippen LogP contribution in [0.1, 0.15) is 38.3 Å². The van der Waals surface area contributed by atoms with Crippen molar-refractivity contribution in [3.8, 4) is 0 Å². The quantitative estimate of drug-likeness (QED) is 0.837. The predicted molar refractivity (Wildman–Crippen MR) is 85.8 cm³/mol. The molecule has 23 heavy (non-hydrogen) atoms. The summed E-state index contributed by atoms with van der Waals surface area (Å²) in [5, 5.41) is 0. The van der Waals surface area contributed by atoms with E-state index in [1.807, 2.05) is 27.7 Å². The number of benzene rings is 1. The van der Waals surface area contributed by atoms with Crippen molar-refractivity contribution in [2.75, 3.05) is 13.1 Å². The van der Waals surface area contributed by atoms with Gasteiger partial charge in [0, 0.05) is 25.4 Å². The third-order valence-electron chi connectivity index (χ3n) is 3.95. The first-order chi connectivity index (χ1) is 10.7. The summed E-state index contributed by atoms with van der Waals surface area (Å²) in [5.74, 6) is -0.497. The van der Waals surface area contributed by atoms with E-state index in [-0.39, 0.29) is 17.5 Å². The van der Waals surface area contributed by atoms with Crippen LogP contribution in [0.15, 0.2) is 18.2 Å². The van der Waals surface area contributed by atoms with Crippen LogP contribution in [0.3, 0.4) is 0 Å². The molecule has 0 N–H and O–H groups in total. The largest absolute Gasteiger partial charge is 0.444 e. The number of hydrogen-bond donors (Lipinski definition) is 0. The Morgan fingerprint density at radius 2 is 2.09 bits per heavy atom. The van der Waals surface area contributed by atoms with E-state index in [1.165, 1.54) is 12.1 Å². The van der Waals surface area contributed by atoms with E-state index in [4.69, 9.17) is 4.74 Å². The van der Waals surface area contributed by atoms with Crippen molar-refractivity contribution in [1.82, 2.24) is 4.90 Å². The molecule has 2 rings (SSSR count). The molecule has 5 heteroatoms. The molecule has 0 aliphatic carbocycles. The lowest BCUT2D eigenvalue weighted by Gasteiger charge is -2.33. The number of rotatable bonds is 2. The molecule has 1 aliphatic heterocycles. The summed E-state index contributed by atoms with van der Waals surface area (Å²) in [5.41, 5.74) is 1.20. The predicted octanol–water partition coefficient (Wildman–Crippen LogP) is 3.50. The molecule has 1 unspecified atom stereocenters. The SMILES string of the molecule is Cc1ccc(F)cc1CC1CN(C(=O)OC(C)(C)C)CCC1=O. The molecular formula is C18H24FNO3. The second kappa shape index (κ2) is 6.69. The summed E-state index contributed by atoms with van der Waals surface area (Å²) in [6.45, 7) is 8.04. The van der Waals surface area contributed by atoms with E-state index >= 15 is 0 Å². The zero-order valence-electron chi connectivity index (χ0n) is 14.2. The monoisotopic (exact) mass is 321 g/mol. The third kappa shape index (κ3) is 4.78. The highest BCUT2D eigenvalue weighted by Crippen LogP contribution is 2.22. The second-order valence-electron chi connectivity index (χ2n) is 7.11. The van der Waals surface area contributed by atoms with Crippen molar-refractivity contribution >= 4 is 11.9 Å². The van der Waals surface area contributed by atoms with Crippen LogP contribution in [-0.4, -0.2) is 35.5 Å². The molecule has 1 heterocycles. The van der Waals surface area contributed by atoms with E-state index in [1.54, 1.807) is 11.0 Å². The molecule has 0 saturated carbocycles. The van der Waals surface area contributed by atoms with E-state index in [0.717, 1.165) is 11.1 Å². The van der Waals surface area contributed by atoms with Crippen molar-refractivity contribution in [3.63, 3.8) is 0 Å². The fraction of sp³-hybridized carbons (Fsp3) is 0.556. The standard InChI is InChI=1S/C18H24FNO3/c1-12-5-6-15(19)10-13(12)9-14-11-20(8-7-16(14)21)17(22)23-18(2,3)4/h5-6,10,14H,7-9,11H2,1-4H3. The summed E-state index contributed by atoms with van der Waals surface area (Å²) in [6, 6.07) is 4.59. The zero-order valence-corrected chi connectivity index (χ0v) is 14.2. The van der Waals surface area contributed by atoms with Crippen molar-refractivity contribution in [1.29, 1.82) is 0 Å². The van der Waals surface area contributed by atoms with Crippen LogP contribution in [0.2, 0.25) is 0 Å². The highest BCUT2D eigenvalue weighted by atomic mass is 19.1. The average molecular weight is 321 g/mol. The summed E-state index contributed by atoms with van der Waals surface area (Å²) < 4.78 is 18.8. The molecule has 126 valence electrons. The van der Waals surface area contributed by atoms with Gasteiger partial charge in [-0.2, -0.15) is 0 Å². The maximum atomic E-state index is 13.4. The van der Waals surface area contributed by atoms with Crippen LogP contribution >= 0.6 is 0 Å². The van der Waals surface area contributed by atoms with Crippen LogP contribution in [0, 0.1) is 18.7 Å². The van der Waals surface area contributed by atoms with Crippen LogP contribution in [-0.2, 0) is 16.0 Å². The zero-order chi connectivity index (χ0) is 17.2. The molecule has 4 nitrogen and oxygen atoms in total. The van der Waals surface area contributed by atoms with Crippen molar-refractivity contribution in [3.05, 3.63) is 35.1 Å². The lowest BCUT2D eigenvalue weighted by Crippen LogP contribution is -2.46. The number of Topliss-reactive ketones (excluding diaryl/α,β-unsaturated/α-hetero) is 1. The van der Waals surface area contributed by atoms with Gasteiger partial charge in [-0.05, 0) is 57.4 Å². The van der Waals surface area contributed by atoms with Crippen LogP contribution in [0.4, 0.5) is 9.18 Å². The Hall–Kier alpha value is -1.91. The fourth-order valence-corrected chi connectivity index (χ4v) is 2.70. The first-order valence-corrected chi connectivity index (χ1v) is 7.91. The molecule has 1 amide bonds. The van der Waals surface area contributed by atoms with Crippen molar-refractivity contribution < 1.29 is 18.7 Å². The third-order valence-corrected chi connectivity index (χ3v) is 3.95. The normalized spacial score (nSPS) is 18.9. The van der Waals surface area contributed by atoms with E-state index in [0.29, 0.717) is 25.9 Å². The molecule has 1 saturated heterocycles. The summed E-state index contributed by atoms with van der Waals surface area (Å²) in [6.07, 6.45) is 0.367. The maximum absolute atomic E-state index is 13.4. The summed E-state index contributed by atoms with van der Waals surface area (Å²) >= 11 is 0. The summed E-state index contributed by atoms with van der Waals surface area (Å²) in [7, 11) is 0. The molecule has 1 fully saturated rings. The van der Waals surface area contributed by atoms with E-state index in [9.17, 15) is 14.0 Å². The van der Waals surface area contributed by atoms with Crippen LogP contribution < -0.4 is 0 Å². The number of hydrogen-bond acceptors (Lipinski definition) is 3. The van der Waals surface area contributed by atoms with Gasteiger partial charge in [-0.3, -0.25) is 4.79 Å². The van der Waals surface area contributed by atoms with Gasteiger partial charge in [0.2, 0.25) is 0 Å². The van der Waals surface area contributed by atoms with Gasteiger partial charge < -0.3 is 9.64 Å².